The second-order valence-electron chi connectivity index (χ2n) is 3.89. The Labute approximate surface area is 116 Å². The lowest BCUT2D eigenvalue weighted by Crippen LogP contribution is -1.97. The summed E-state index contributed by atoms with van der Waals surface area (Å²) >= 11 is 2.33. The first-order valence-corrected chi connectivity index (χ1v) is 6.82. The third-order valence-corrected chi connectivity index (χ3v) is 3.48. The lowest BCUT2D eigenvalue weighted by molar-refractivity contribution is 0.304. The maximum Gasteiger partial charge on any atom is 0.133 e. The Morgan fingerprint density at radius 3 is 2.41 bits per heavy atom. The van der Waals surface area contributed by atoms with Crippen LogP contribution in [0.1, 0.15) is 18.1 Å². The van der Waals surface area contributed by atoms with Crippen molar-refractivity contribution in [2.24, 2.45) is 0 Å². The summed E-state index contributed by atoms with van der Waals surface area (Å²) in [4.78, 5) is 0. The molecule has 0 aliphatic rings. The van der Waals surface area contributed by atoms with Crippen LogP contribution >= 0.6 is 22.6 Å². The molecule has 0 atom stereocenters. The van der Waals surface area contributed by atoms with Crippen LogP contribution in [0.2, 0.25) is 0 Å². The van der Waals surface area contributed by atoms with E-state index in [9.17, 15) is 0 Å². The van der Waals surface area contributed by atoms with E-state index in [-0.39, 0.29) is 0 Å². The summed E-state index contributed by atoms with van der Waals surface area (Å²) in [6.07, 6.45) is 1.06. The van der Waals surface area contributed by atoms with Gasteiger partial charge in [0.1, 0.15) is 12.4 Å². The molecule has 2 heteroatoms. The van der Waals surface area contributed by atoms with E-state index in [2.05, 4.69) is 59.8 Å². The van der Waals surface area contributed by atoms with E-state index in [0.717, 1.165) is 12.2 Å². The Kier molecular flexibility index (Phi) is 4.42. The fraction of sp³-hybridized carbons (Fsp3) is 0.200. The summed E-state index contributed by atoms with van der Waals surface area (Å²) < 4.78 is 6.99. The van der Waals surface area contributed by atoms with Crippen LogP contribution in [0, 0.1) is 3.57 Å². The Morgan fingerprint density at radius 2 is 1.76 bits per heavy atom. The molecule has 0 amide bonds. The normalized spacial score (nSPS) is 10.2. The standard InChI is InChI=1S/C15H15IO/c1-2-12-8-9-15(14(16)10-12)17-11-13-6-4-3-5-7-13/h3-10H,2,11H2,1H3. The van der Waals surface area contributed by atoms with Crippen LogP contribution < -0.4 is 4.74 Å². The quantitative estimate of drug-likeness (QED) is 0.750. The molecule has 0 saturated carbocycles. The molecule has 0 aromatic heterocycles. The second kappa shape index (κ2) is 6.05. The van der Waals surface area contributed by atoms with Gasteiger partial charge < -0.3 is 4.74 Å². The fourth-order valence-corrected chi connectivity index (χ4v) is 2.35. The summed E-state index contributed by atoms with van der Waals surface area (Å²) in [7, 11) is 0. The van der Waals surface area contributed by atoms with E-state index < -0.39 is 0 Å². The number of hydrogen-bond donors (Lipinski definition) is 0. The summed E-state index contributed by atoms with van der Waals surface area (Å²) in [5.41, 5.74) is 2.55. The third-order valence-electron chi connectivity index (χ3n) is 2.64. The molecule has 0 radical (unpaired) electrons. The molecule has 17 heavy (non-hydrogen) atoms. The van der Waals surface area contributed by atoms with Crippen molar-refractivity contribution in [3.05, 3.63) is 63.2 Å². The van der Waals surface area contributed by atoms with Crippen molar-refractivity contribution in [1.82, 2.24) is 0 Å². The first kappa shape index (κ1) is 12.4. The highest BCUT2D eigenvalue weighted by molar-refractivity contribution is 14.1. The maximum absolute atomic E-state index is 5.81. The fourth-order valence-electron chi connectivity index (χ4n) is 1.62. The average Bonchev–Trinajstić information content (AvgIpc) is 2.38. The molecule has 0 heterocycles. The van der Waals surface area contributed by atoms with Gasteiger partial charge in [-0.3, -0.25) is 0 Å². The van der Waals surface area contributed by atoms with Crippen LogP contribution in [0.4, 0.5) is 0 Å². The number of benzene rings is 2. The van der Waals surface area contributed by atoms with Gasteiger partial charge in [-0.05, 0) is 52.3 Å². The summed E-state index contributed by atoms with van der Waals surface area (Å²) in [6, 6.07) is 16.6. The van der Waals surface area contributed by atoms with Gasteiger partial charge in [-0.2, -0.15) is 0 Å². The van der Waals surface area contributed by atoms with Crippen molar-refractivity contribution in [1.29, 1.82) is 0 Å². The SMILES string of the molecule is CCc1ccc(OCc2ccccc2)c(I)c1. The summed E-state index contributed by atoms with van der Waals surface area (Å²) in [6.45, 7) is 2.79. The molecule has 0 unspecified atom stereocenters. The molecule has 2 aromatic carbocycles. The molecule has 0 saturated heterocycles. The first-order valence-electron chi connectivity index (χ1n) is 5.74. The molecular weight excluding hydrogens is 323 g/mol. The topological polar surface area (TPSA) is 9.23 Å². The van der Waals surface area contributed by atoms with Gasteiger partial charge in [0, 0.05) is 0 Å². The number of hydrogen-bond acceptors (Lipinski definition) is 1. The highest BCUT2D eigenvalue weighted by Gasteiger charge is 2.02. The van der Waals surface area contributed by atoms with E-state index in [1.54, 1.807) is 0 Å². The Balaban J connectivity index is 2.04. The van der Waals surface area contributed by atoms with Crippen LogP contribution in [0.5, 0.6) is 5.75 Å². The van der Waals surface area contributed by atoms with Crippen molar-refractivity contribution in [2.45, 2.75) is 20.0 Å². The zero-order chi connectivity index (χ0) is 12.1. The van der Waals surface area contributed by atoms with Crippen molar-refractivity contribution >= 4 is 22.6 Å². The molecule has 0 aliphatic heterocycles. The first-order chi connectivity index (χ1) is 8.29. The predicted molar refractivity (Wildman–Crippen MR) is 79.3 cm³/mol. The van der Waals surface area contributed by atoms with Crippen LogP contribution in [0.3, 0.4) is 0 Å². The highest BCUT2D eigenvalue weighted by atomic mass is 127. The molecule has 0 fully saturated rings. The van der Waals surface area contributed by atoms with Gasteiger partial charge in [0.15, 0.2) is 0 Å². The van der Waals surface area contributed by atoms with E-state index in [1.807, 2.05) is 18.2 Å². The summed E-state index contributed by atoms with van der Waals surface area (Å²) in [5.74, 6) is 0.964. The van der Waals surface area contributed by atoms with E-state index >= 15 is 0 Å². The van der Waals surface area contributed by atoms with Crippen LogP contribution in [0.15, 0.2) is 48.5 Å². The van der Waals surface area contributed by atoms with Crippen molar-refractivity contribution in [2.75, 3.05) is 0 Å². The number of ether oxygens (including phenoxy) is 1. The van der Waals surface area contributed by atoms with Gasteiger partial charge in [0.05, 0.1) is 3.57 Å². The molecule has 1 nitrogen and oxygen atoms in total. The lowest BCUT2D eigenvalue weighted by Gasteiger charge is -2.09. The second-order valence-corrected chi connectivity index (χ2v) is 5.05. The molecule has 0 spiro atoms. The molecule has 2 rings (SSSR count). The minimum absolute atomic E-state index is 0.627. The molecule has 88 valence electrons. The zero-order valence-corrected chi connectivity index (χ0v) is 12.0. The van der Waals surface area contributed by atoms with Gasteiger partial charge in [-0.15, -0.1) is 0 Å². The monoisotopic (exact) mass is 338 g/mol. The number of aryl methyl sites for hydroxylation is 1. The average molecular weight is 338 g/mol. The van der Waals surface area contributed by atoms with Crippen LogP contribution in [-0.2, 0) is 13.0 Å². The van der Waals surface area contributed by atoms with Crippen molar-refractivity contribution < 1.29 is 4.74 Å². The van der Waals surface area contributed by atoms with Crippen molar-refractivity contribution in [3.63, 3.8) is 0 Å². The van der Waals surface area contributed by atoms with Gasteiger partial charge in [-0.25, -0.2) is 0 Å². The third kappa shape index (κ3) is 3.46. The lowest BCUT2D eigenvalue weighted by atomic mass is 10.2. The minimum atomic E-state index is 0.627. The van der Waals surface area contributed by atoms with Crippen LogP contribution in [0.25, 0.3) is 0 Å². The molecule has 0 N–H and O–H groups in total. The van der Waals surface area contributed by atoms with Gasteiger partial charge in [0.2, 0.25) is 0 Å². The minimum Gasteiger partial charge on any atom is -0.488 e. The Bertz CT molecular complexity index is 480. The maximum atomic E-state index is 5.81. The van der Waals surface area contributed by atoms with Crippen molar-refractivity contribution in [3.8, 4) is 5.75 Å². The van der Waals surface area contributed by atoms with Crippen LogP contribution in [-0.4, -0.2) is 0 Å². The largest absolute Gasteiger partial charge is 0.488 e. The van der Waals surface area contributed by atoms with E-state index in [0.29, 0.717) is 6.61 Å². The van der Waals surface area contributed by atoms with E-state index in [1.165, 1.54) is 14.7 Å². The molecule has 0 bridgehead atoms. The van der Waals surface area contributed by atoms with Gasteiger partial charge >= 0.3 is 0 Å². The highest BCUT2D eigenvalue weighted by Crippen LogP contribution is 2.23. The zero-order valence-electron chi connectivity index (χ0n) is 9.82. The van der Waals surface area contributed by atoms with E-state index in [4.69, 9.17) is 4.74 Å². The Morgan fingerprint density at radius 1 is 1.00 bits per heavy atom. The molecular formula is C15H15IO. The van der Waals surface area contributed by atoms with Gasteiger partial charge in [0.25, 0.3) is 0 Å². The summed E-state index contributed by atoms with van der Waals surface area (Å²) in [5, 5.41) is 0. The molecule has 2 aromatic rings. The van der Waals surface area contributed by atoms with Gasteiger partial charge in [-0.1, -0.05) is 43.3 Å². The Hall–Kier alpha value is -1.03. The predicted octanol–water partition coefficient (Wildman–Crippen LogP) is 4.43. The number of halogens is 1. The number of rotatable bonds is 4. The smallest absolute Gasteiger partial charge is 0.133 e. The molecule has 0 aliphatic carbocycles.